The maximum atomic E-state index is 12.2. The number of thioether (sulfide) groups is 1. The zero-order valence-electron chi connectivity index (χ0n) is 14.2. The van der Waals surface area contributed by atoms with Crippen LogP contribution in [0.2, 0.25) is 0 Å². The Hall–Kier alpha value is -1.08. The summed E-state index contributed by atoms with van der Waals surface area (Å²) in [6.07, 6.45) is 6.71. The van der Waals surface area contributed by atoms with Gasteiger partial charge in [0.25, 0.3) is 0 Å². The molecule has 1 unspecified atom stereocenters. The summed E-state index contributed by atoms with van der Waals surface area (Å²) in [5.41, 5.74) is 0. The van der Waals surface area contributed by atoms with E-state index in [2.05, 4.69) is 26.7 Å². The number of carbonyl (C=O) groups is 1. The summed E-state index contributed by atoms with van der Waals surface area (Å²) >= 11 is 1.60. The number of rotatable bonds is 5. The minimum absolute atomic E-state index is 0.252. The smallest absolute Gasteiger partial charge is 0.232 e. The molecule has 2 aliphatic heterocycles. The molecule has 1 amide bonds. The molecular weight excluding hydrogens is 310 g/mol. The minimum atomic E-state index is 0.252. The second-order valence-corrected chi connectivity index (χ2v) is 7.49. The molecule has 0 radical (unpaired) electrons. The lowest BCUT2D eigenvalue weighted by Gasteiger charge is -2.32. The first kappa shape index (κ1) is 16.8. The van der Waals surface area contributed by atoms with E-state index in [1.807, 2.05) is 11.2 Å². The summed E-state index contributed by atoms with van der Waals surface area (Å²) in [6.45, 7) is 4.90. The van der Waals surface area contributed by atoms with E-state index in [-0.39, 0.29) is 5.91 Å². The van der Waals surface area contributed by atoms with E-state index in [0.29, 0.717) is 11.7 Å². The fourth-order valence-electron chi connectivity index (χ4n) is 3.64. The number of likely N-dealkylation sites (tertiary alicyclic amines) is 2. The van der Waals surface area contributed by atoms with Crippen LogP contribution >= 0.6 is 11.8 Å². The van der Waals surface area contributed by atoms with Crippen molar-refractivity contribution in [2.75, 3.05) is 38.2 Å². The molecule has 3 heterocycles. The highest BCUT2D eigenvalue weighted by atomic mass is 32.2. The topological polar surface area (TPSA) is 54.3 Å². The highest BCUT2D eigenvalue weighted by molar-refractivity contribution is 7.99. The molecule has 1 atom stereocenters. The second kappa shape index (κ2) is 7.66. The van der Waals surface area contributed by atoms with Gasteiger partial charge in [0.1, 0.15) is 11.6 Å². The van der Waals surface area contributed by atoms with Gasteiger partial charge in [-0.15, -0.1) is 10.2 Å². The third kappa shape index (κ3) is 3.88. The van der Waals surface area contributed by atoms with Gasteiger partial charge in [-0.2, -0.15) is 11.8 Å². The average Bonchev–Trinajstić information content (AvgIpc) is 3.19. The zero-order chi connectivity index (χ0) is 16.2. The first-order valence-electron chi connectivity index (χ1n) is 8.56. The van der Waals surface area contributed by atoms with Crippen molar-refractivity contribution in [3.8, 4) is 0 Å². The summed E-state index contributed by atoms with van der Waals surface area (Å²) in [5, 5.41) is 8.89. The quantitative estimate of drug-likeness (QED) is 0.815. The molecule has 1 aromatic rings. The number of amides is 1. The molecular formula is C16H27N5OS. The second-order valence-electron chi connectivity index (χ2n) is 6.63. The van der Waals surface area contributed by atoms with E-state index in [4.69, 9.17) is 0 Å². The van der Waals surface area contributed by atoms with Crippen LogP contribution in [0.25, 0.3) is 0 Å². The standard InChI is InChI=1S/C16H27N5OS/c1-19-14(11-20-7-3-4-8-20)17-18-16(19)13-6-5-9-21(10-13)15(22)12-23-2/h13H,3-12H2,1-2H3. The Morgan fingerprint density at radius 3 is 2.74 bits per heavy atom. The maximum Gasteiger partial charge on any atom is 0.232 e. The molecule has 6 nitrogen and oxygen atoms in total. The van der Waals surface area contributed by atoms with Crippen molar-refractivity contribution in [2.45, 2.75) is 38.1 Å². The first-order chi connectivity index (χ1) is 11.2. The number of piperidine rings is 1. The van der Waals surface area contributed by atoms with Gasteiger partial charge < -0.3 is 9.47 Å². The van der Waals surface area contributed by atoms with Crippen molar-refractivity contribution >= 4 is 17.7 Å². The molecule has 0 saturated carbocycles. The molecule has 128 valence electrons. The van der Waals surface area contributed by atoms with Gasteiger partial charge in [-0.05, 0) is 45.0 Å². The van der Waals surface area contributed by atoms with E-state index < -0.39 is 0 Å². The summed E-state index contributed by atoms with van der Waals surface area (Å²) in [6, 6.07) is 0. The van der Waals surface area contributed by atoms with Crippen molar-refractivity contribution in [3.63, 3.8) is 0 Å². The highest BCUT2D eigenvalue weighted by Crippen LogP contribution is 2.26. The van der Waals surface area contributed by atoms with Gasteiger partial charge >= 0.3 is 0 Å². The van der Waals surface area contributed by atoms with Gasteiger partial charge in [0.15, 0.2) is 0 Å². The van der Waals surface area contributed by atoms with Gasteiger partial charge in [0.05, 0.1) is 12.3 Å². The maximum absolute atomic E-state index is 12.2. The van der Waals surface area contributed by atoms with Crippen LogP contribution in [0, 0.1) is 0 Å². The molecule has 7 heteroatoms. The van der Waals surface area contributed by atoms with Gasteiger partial charge in [-0.25, -0.2) is 0 Å². The predicted octanol–water partition coefficient (Wildman–Crippen LogP) is 1.48. The Labute approximate surface area is 142 Å². The molecule has 2 aliphatic rings. The number of carbonyl (C=O) groups excluding carboxylic acids is 1. The molecule has 3 rings (SSSR count). The zero-order valence-corrected chi connectivity index (χ0v) is 15.0. The fraction of sp³-hybridized carbons (Fsp3) is 0.812. The lowest BCUT2D eigenvalue weighted by molar-refractivity contribution is -0.129. The number of aromatic nitrogens is 3. The predicted molar refractivity (Wildman–Crippen MR) is 92.5 cm³/mol. The summed E-state index contributed by atoms with van der Waals surface area (Å²) in [7, 11) is 2.07. The molecule has 0 N–H and O–H groups in total. The van der Waals surface area contributed by atoms with Crippen LogP contribution in [-0.2, 0) is 18.4 Å². The Morgan fingerprint density at radius 2 is 2.00 bits per heavy atom. The Kier molecular flexibility index (Phi) is 5.58. The van der Waals surface area contributed by atoms with Crippen molar-refractivity contribution in [3.05, 3.63) is 11.6 Å². The minimum Gasteiger partial charge on any atom is -0.341 e. The van der Waals surface area contributed by atoms with Gasteiger partial charge in [-0.1, -0.05) is 0 Å². The van der Waals surface area contributed by atoms with Crippen LogP contribution in [0.1, 0.15) is 43.3 Å². The molecule has 0 spiro atoms. The first-order valence-corrected chi connectivity index (χ1v) is 9.95. The van der Waals surface area contributed by atoms with E-state index in [1.165, 1.54) is 25.9 Å². The van der Waals surface area contributed by atoms with E-state index in [0.717, 1.165) is 44.1 Å². The van der Waals surface area contributed by atoms with Crippen LogP contribution in [0.5, 0.6) is 0 Å². The van der Waals surface area contributed by atoms with Crippen molar-refractivity contribution in [1.29, 1.82) is 0 Å². The van der Waals surface area contributed by atoms with Gasteiger partial charge in [0, 0.05) is 26.1 Å². The molecule has 1 aromatic heterocycles. The Bertz CT molecular complexity index is 541. The summed E-state index contributed by atoms with van der Waals surface area (Å²) < 4.78 is 2.16. The number of hydrogen-bond donors (Lipinski definition) is 0. The molecule has 2 fully saturated rings. The van der Waals surface area contributed by atoms with E-state index in [1.54, 1.807) is 11.8 Å². The molecule has 23 heavy (non-hydrogen) atoms. The van der Waals surface area contributed by atoms with Crippen molar-refractivity contribution in [2.24, 2.45) is 7.05 Å². The van der Waals surface area contributed by atoms with Gasteiger partial charge in [0.2, 0.25) is 5.91 Å². The van der Waals surface area contributed by atoms with Crippen molar-refractivity contribution < 1.29 is 4.79 Å². The van der Waals surface area contributed by atoms with Gasteiger partial charge in [-0.3, -0.25) is 9.69 Å². The fourth-order valence-corrected chi connectivity index (χ4v) is 4.07. The molecule has 0 aliphatic carbocycles. The Balaban J connectivity index is 1.66. The number of hydrogen-bond acceptors (Lipinski definition) is 5. The average molecular weight is 337 g/mol. The lowest BCUT2D eigenvalue weighted by atomic mass is 9.97. The lowest BCUT2D eigenvalue weighted by Crippen LogP contribution is -2.40. The monoisotopic (exact) mass is 337 g/mol. The molecule has 2 saturated heterocycles. The molecule has 0 aromatic carbocycles. The van der Waals surface area contributed by atoms with Crippen molar-refractivity contribution in [1.82, 2.24) is 24.6 Å². The normalized spacial score (nSPS) is 22.7. The van der Waals surface area contributed by atoms with E-state index in [9.17, 15) is 4.79 Å². The van der Waals surface area contributed by atoms with Crippen LogP contribution in [0.4, 0.5) is 0 Å². The van der Waals surface area contributed by atoms with Crippen LogP contribution in [0.15, 0.2) is 0 Å². The highest BCUT2D eigenvalue weighted by Gasteiger charge is 2.28. The third-order valence-electron chi connectivity index (χ3n) is 4.97. The SMILES string of the molecule is CSCC(=O)N1CCCC(c2nnc(CN3CCCC3)n2C)C1. The summed E-state index contributed by atoms with van der Waals surface area (Å²) in [4.78, 5) is 16.6. The number of nitrogens with zero attached hydrogens (tertiary/aromatic N) is 5. The van der Waals surface area contributed by atoms with E-state index >= 15 is 0 Å². The summed E-state index contributed by atoms with van der Waals surface area (Å²) in [5.74, 6) is 3.24. The Morgan fingerprint density at radius 1 is 1.22 bits per heavy atom. The third-order valence-corrected chi connectivity index (χ3v) is 5.51. The van der Waals surface area contributed by atoms with Crippen LogP contribution in [0.3, 0.4) is 0 Å². The largest absolute Gasteiger partial charge is 0.341 e. The molecule has 0 bridgehead atoms. The van der Waals surface area contributed by atoms with Crippen LogP contribution in [-0.4, -0.2) is 68.7 Å². The van der Waals surface area contributed by atoms with Crippen LogP contribution < -0.4 is 0 Å².